The third kappa shape index (κ3) is 4.46. The molecule has 2 rings (SSSR count). The van der Waals surface area contributed by atoms with Gasteiger partial charge in [-0.3, -0.25) is 0 Å². The van der Waals surface area contributed by atoms with Crippen LogP contribution in [0.1, 0.15) is 44.1 Å². The molecule has 4 heteroatoms. The highest BCUT2D eigenvalue weighted by Gasteiger charge is 2.24. The van der Waals surface area contributed by atoms with Crippen LogP contribution < -0.4 is 5.32 Å². The fourth-order valence-electron chi connectivity index (χ4n) is 3.09. The van der Waals surface area contributed by atoms with Crippen LogP contribution in [0.4, 0.5) is 4.79 Å². The predicted molar refractivity (Wildman–Crippen MR) is 84.3 cm³/mol. The molecule has 0 aliphatic heterocycles. The number of urea groups is 1. The molecule has 0 aromatic heterocycles. The molecule has 21 heavy (non-hydrogen) atoms. The molecule has 1 saturated carbocycles. The number of nitrogens with one attached hydrogen (secondary N) is 1. The van der Waals surface area contributed by atoms with E-state index in [1.54, 1.807) is 4.90 Å². The lowest BCUT2D eigenvalue weighted by Gasteiger charge is -2.31. The molecule has 0 radical (unpaired) electrons. The van der Waals surface area contributed by atoms with Gasteiger partial charge in [-0.1, -0.05) is 30.3 Å². The molecular formula is C17H26N2O2. The van der Waals surface area contributed by atoms with Crippen molar-refractivity contribution in [1.82, 2.24) is 10.2 Å². The summed E-state index contributed by atoms with van der Waals surface area (Å²) in [5.74, 6) is 0.624. The predicted octanol–water partition coefficient (Wildman–Crippen LogP) is 2.74. The molecule has 1 aromatic carbocycles. The van der Waals surface area contributed by atoms with Crippen molar-refractivity contribution >= 4 is 6.03 Å². The summed E-state index contributed by atoms with van der Waals surface area (Å²) < 4.78 is 0. The first-order valence-corrected chi connectivity index (χ1v) is 7.95. The zero-order valence-corrected chi connectivity index (χ0v) is 12.8. The van der Waals surface area contributed by atoms with Crippen molar-refractivity contribution in [3.63, 3.8) is 0 Å². The van der Waals surface area contributed by atoms with Crippen LogP contribution in [0, 0.1) is 0 Å². The van der Waals surface area contributed by atoms with Gasteiger partial charge in [0.25, 0.3) is 0 Å². The van der Waals surface area contributed by atoms with Crippen LogP contribution in [-0.2, 0) is 0 Å². The lowest BCUT2D eigenvalue weighted by atomic mass is 9.82. The Bertz CT molecular complexity index is 428. The number of carbonyl (C=O) groups is 1. The fraction of sp³-hybridized carbons (Fsp3) is 0.588. The highest BCUT2D eigenvalue weighted by atomic mass is 16.3. The van der Waals surface area contributed by atoms with Crippen LogP contribution in [0.15, 0.2) is 30.3 Å². The number of aliphatic hydroxyl groups is 1. The maximum absolute atomic E-state index is 12.1. The Morgan fingerprint density at radius 3 is 2.48 bits per heavy atom. The van der Waals surface area contributed by atoms with Gasteiger partial charge < -0.3 is 15.3 Å². The van der Waals surface area contributed by atoms with Crippen LogP contribution in [0.5, 0.6) is 0 Å². The number of hydrogen-bond donors (Lipinski definition) is 2. The third-order valence-electron chi connectivity index (χ3n) is 4.36. The second kappa shape index (κ2) is 8.03. The summed E-state index contributed by atoms with van der Waals surface area (Å²) in [7, 11) is 0. The molecule has 2 N–H and O–H groups in total. The molecule has 2 amide bonds. The van der Waals surface area contributed by atoms with Crippen LogP contribution in [0.3, 0.4) is 0 Å². The number of nitrogens with zero attached hydrogens (tertiary/aromatic N) is 1. The van der Waals surface area contributed by atoms with Gasteiger partial charge in [0.1, 0.15) is 0 Å². The zero-order valence-electron chi connectivity index (χ0n) is 12.8. The van der Waals surface area contributed by atoms with Crippen LogP contribution in [-0.4, -0.2) is 41.8 Å². The summed E-state index contributed by atoms with van der Waals surface area (Å²) in [6, 6.07) is 10.9. The zero-order chi connectivity index (χ0) is 15.1. The smallest absolute Gasteiger partial charge is 0.317 e. The summed E-state index contributed by atoms with van der Waals surface area (Å²) in [6.45, 7) is 2.98. The minimum atomic E-state index is -0.0466. The first kappa shape index (κ1) is 15.8. The van der Waals surface area contributed by atoms with Gasteiger partial charge in [-0.15, -0.1) is 0 Å². The summed E-state index contributed by atoms with van der Waals surface area (Å²) in [5.41, 5.74) is 1.41. The van der Waals surface area contributed by atoms with Crippen LogP contribution in [0.25, 0.3) is 0 Å². The van der Waals surface area contributed by atoms with E-state index >= 15 is 0 Å². The minimum absolute atomic E-state index is 0.0159. The van der Waals surface area contributed by atoms with Gasteiger partial charge in [-0.05, 0) is 44.1 Å². The van der Waals surface area contributed by atoms with E-state index in [1.165, 1.54) is 5.56 Å². The fourth-order valence-corrected chi connectivity index (χ4v) is 3.09. The van der Waals surface area contributed by atoms with Crippen molar-refractivity contribution in [1.29, 1.82) is 0 Å². The Morgan fingerprint density at radius 1 is 1.24 bits per heavy atom. The number of benzene rings is 1. The number of likely N-dealkylation sites (N-methyl/N-ethyl adjacent to an activating group) is 1. The molecule has 0 heterocycles. The first-order valence-electron chi connectivity index (χ1n) is 7.95. The number of amides is 2. The lowest BCUT2D eigenvalue weighted by Crippen LogP contribution is -2.46. The summed E-state index contributed by atoms with van der Waals surface area (Å²) in [5, 5.41) is 12.1. The second-order valence-corrected chi connectivity index (χ2v) is 5.71. The largest absolute Gasteiger partial charge is 0.395 e. The van der Waals surface area contributed by atoms with E-state index in [4.69, 9.17) is 5.11 Å². The molecule has 0 unspecified atom stereocenters. The van der Waals surface area contributed by atoms with Gasteiger partial charge in [0.15, 0.2) is 0 Å². The summed E-state index contributed by atoms with van der Waals surface area (Å²) in [4.78, 5) is 13.7. The molecule has 4 nitrogen and oxygen atoms in total. The van der Waals surface area contributed by atoms with Crippen LogP contribution >= 0.6 is 0 Å². The van der Waals surface area contributed by atoms with Crippen molar-refractivity contribution in [3.8, 4) is 0 Å². The van der Waals surface area contributed by atoms with Crippen molar-refractivity contribution in [3.05, 3.63) is 35.9 Å². The summed E-state index contributed by atoms with van der Waals surface area (Å²) >= 11 is 0. The maximum atomic E-state index is 12.1. The minimum Gasteiger partial charge on any atom is -0.395 e. The monoisotopic (exact) mass is 290 g/mol. The molecule has 0 spiro atoms. The number of rotatable bonds is 5. The van der Waals surface area contributed by atoms with Gasteiger partial charge >= 0.3 is 6.03 Å². The maximum Gasteiger partial charge on any atom is 0.317 e. The molecule has 0 bridgehead atoms. The normalized spacial score (nSPS) is 21.8. The Morgan fingerprint density at radius 2 is 1.90 bits per heavy atom. The Hall–Kier alpha value is -1.55. The topological polar surface area (TPSA) is 52.6 Å². The molecule has 116 valence electrons. The van der Waals surface area contributed by atoms with Crippen molar-refractivity contribution in [2.45, 2.75) is 44.6 Å². The van der Waals surface area contributed by atoms with Crippen molar-refractivity contribution < 1.29 is 9.90 Å². The third-order valence-corrected chi connectivity index (χ3v) is 4.36. The van der Waals surface area contributed by atoms with E-state index in [2.05, 4.69) is 35.6 Å². The van der Waals surface area contributed by atoms with E-state index in [0.29, 0.717) is 19.0 Å². The van der Waals surface area contributed by atoms with Gasteiger partial charge in [0.2, 0.25) is 0 Å². The van der Waals surface area contributed by atoms with Crippen LogP contribution in [0.2, 0.25) is 0 Å². The second-order valence-electron chi connectivity index (χ2n) is 5.71. The van der Waals surface area contributed by atoms with E-state index in [-0.39, 0.29) is 18.7 Å². The van der Waals surface area contributed by atoms with E-state index in [0.717, 1.165) is 25.7 Å². The van der Waals surface area contributed by atoms with Gasteiger partial charge in [-0.2, -0.15) is 0 Å². The summed E-state index contributed by atoms with van der Waals surface area (Å²) in [6.07, 6.45) is 4.31. The molecule has 1 aromatic rings. The van der Waals surface area contributed by atoms with Gasteiger partial charge in [-0.25, -0.2) is 4.79 Å². The molecule has 1 fully saturated rings. The van der Waals surface area contributed by atoms with Gasteiger partial charge in [0, 0.05) is 19.1 Å². The lowest BCUT2D eigenvalue weighted by molar-refractivity contribution is 0.173. The van der Waals surface area contributed by atoms with E-state index in [9.17, 15) is 4.79 Å². The number of hydrogen-bond acceptors (Lipinski definition) is 2. The van der Waals surface area contributed by atoms with Crippen molar-refractivity contribution in [2.24, 2.45) is 0 Å². The Balaban J connectivity index is 1.80. The Kier molecular flexibility index (Phi) is 6.05. The van der Waals surface area contributed by atoms with Gasteiger partial charge in [0.05, 0.1) is 6.61 Å². The highest BCUT2D eigenvalue weighted by Crippen LogP contribution is 2.32. The molecule has 1 aliphatic carbocycles. The standard InChI is InChI=1S/C17H26N2O2/c1-2-19(12-13-20)17(21)18-16-10-8-15(9-11-16)14-6-4-3-5-7-14/h3-7,15-16,20H,2,8-13H2,1H3,(H,18,21). The van der Waals surface area contributed by atoms with E-state index < -0.39 is 0 Å². The molecule has 0 saturated heterocycles. The first-order chi connectivity index (χ1) is 10.2. The SMILES string of the molecule is CCN(CCO)C(=O)NC1CCC(c2ccccc2)CC1. The van der Waals surface area contributed by atoms with Crippen molar-refractivity contribution in [2.75, 3.05) is 19.7 Å². The molecular weight excluding hydrogens is 264 g/mol. The quantitative estimate of drug-likeness (QED) is 0.876. The number of carbonyl (C=O) groups excluding carboxylic acids is 1. The average molecular weight is 290 g/mol. The number of aliphatic hydroxyl groups excluding tert-OH is 1. The van der Waals surface area contributed by atoms with E-state index in [1.807, 2.05) is 6.92 Å². The Labute approximate surface area is 127 Å². The molecule has 1 aliphatic rings. The molecule has 0 atom stereocenters. The average Bonchev–Trinajstić information content (AvgIpc) is 2.54. The highest BCUT2D eigenvalue weighted by molar-refractivity contribution is 5.74.